The molecule has 66 valence electrons. The molecule has 0 aliphatic heterocycles. The van der Waals surface area contributed by atoms with Gasteiger partial charge in [0.15, 0.2) is 5.75 Å². The fourth-order valence-corrected chi connectivity index (χ4v) is 0.664. The van der Waals surface area contributed by atoms with Gasteiger partial charge in [0.1, 0.15) is 0 Å². The third-order valence-electron chi connectivity index (χ3n) is 1.23. The van der Waals surface area contributed by atoms with Crippen LogP contribution in [-0.2, 0) is 0 Å². The van der Waals surface area contributed by atoms with Crippen molar-refractivity contribution >= 4 is 5.95 Å². The van der Waals surface area contributed by atoms with E-state index < -0.39 is 0 Å². The Labute approximate surface area is 71.8 Å². The number of anilines is 1. The van der Waals surface area contributed by atoms with Crippen molar-refractivity contribution in [3.05, 3.63) is 12.4 Å². The maximum absolute atomic E-state index is 5.34. The van der Waals surface area contributed by atoms with Gasteiger partial charge in [-0.2, -0.15) is 0 Å². The number of nitrogens with zero attached hydrogens (tertiary/aromatic N) is 2. The molecular formula is C8H13N3O. The Bertz CT molecular complexity index is 233. The minimum absolute atomic E-state index is 0.270. The first kappa shape index (κ1) is 8.77. The fourth-order valence-electron chi connectivity index (χ4n) is 0.664. The van der Waals surface area contributed by atoms with Gasteiger partial charge in [0.05, 0.1) is 19.0 Å². The summed E-state index contributed by atoms with van der Waals surface area (Å²) in [7, 11) is 0. The Morgan fingerprint density at radius 1 is 1.42 bits per heavy atom. The summed E-state index contributed by atoms with van der Waals surface area (Å²) in [5.41, 5.74) is 5.30. The SMILES string of the molecule is CC(C)COc1cnc(N)nc1. The molecule has 0 aliphatic rings. The lowest BCUT2D eigenvalue weighted by molar-refractivity contribution is 0.269. The van der Waals surface area contributed by atoms with Crippen molar-refractivity contribution in [3.63, 3.8) is 0 Å². The average molecular weight is 167 g/mol. The zero-order valence-electron chi connectivity index (χ0n) is 7.32. The Balaban J connectivity index is 2.48. The molecule has 1 heterocycles. The van der Waals surface area contributed by atoms with Crippen LogP contribution in [0.4, 0.5) is 5.95 Å². The maximum atomic E-state index is 5.34. The van der Waals surface area contributed by atoms with Gasteiger partial charge in [-0.3, -0.25) is 0 Å². The predicted molar refractivity (Wildman–Crippen MR) is 46.8 cm³/mol. The van der Waals surface area contributed by atoms with Crippen LogP contribution in [0.25, 0.3) is 0 Å². The topological polar surface area (TPSA) is 61.0 Å². The second kappa shape index (κ2) is 3.90. The van der Waals surface area contributed by atoms with E-state index >= 15 is 0 Å². The molecule has 2 N–H and O–H groups in total. The van der Waals surface area contributed by atoms with Crippen molar-refractivity contribution in [2.24, 2.45) is 5.92 Å². The van der Waals surface area contributed by atoms with E-state index in [0.717, 1.165) is 0 Å². The van der Waals surface area contributed by atoms with Crippen molar-refractivity contribution < 1.29 is 4.74 Å². The van der Waals surface area contributed by atoms with E-state index in [1.165, 1.54) is 0 Å². The first-order valence-electron chi connectivity index (χ1n) is 3.89. The normalized spacial score (nSPS) is 10.2. The van der Waals surface area contributed by atoms with E-state index in [9.17, 15) is 0 Å². The van der Waals surface area contributed by atoms with Crippen LogP contribution >= 0.6 is 0 Å². The van der Waals surface area contributed by atoms with Crippen LogP contribution in [0.5, 0.6) is 5.75 Å². The molecule has 0 fully saturated rings. The van der Waals surface area contributed by atoms with Crippen LogP contribution in [0.15, 0.2) is 12.4 Å². The van der Waals surface area contributed by atoms with Crippen molar-refractivity contribution in [2.45, 2.75) is 13.8 Å². The van der Waals surface area contributed by atoms with Gasteiger partial charge in [-0.1, -0.05) is 13.8 Å². The van der Waals surface area contributed by atoms with Crippen LogP contribution in [0, 0.1) is 5.92 Å². The largest absolute Gasteiger partial charge is 0.490 e. The predicted octanol–water partition coefficient (Wildman–Crippen LogP) is 1.09. The van der Waals surface area contributed by atoms with Crippen molar-refractivity contribution in [1.82, 2.24) is 9.97 Å². The Morgan fingerprint density at radius 2 is 2.00 bits per heavy atom. The molecule has 0 saturated carbocycles. The molecule has 0 aliphatic carbocycles. The zero-order valence-corrected chi connectivity index (χ0v) is 7.32. The Kier molecular flexibility index (Phi) is 2.85. The van der Waals surface area contributed by atoms with Crippen LogP contribution < -0.4 is 10.5 Å². The summed E-state index contributed by atoms with van der Waals surface area (Å²) in [5, 5.41) is 0. The minimum Gasteiger partial charge on any atom is -0.490 e. The van der Waals surface area contributed by atoms with Gasteiger partial charge in [0, 0.05) is 0 Å². The van der Waals surface area contributed by atoms with E-state index in [1.807, 2.05) is 0 Å². The van der Waals surface area contributed by atoms with Crippen LogP contribution in [0.2, 0.25) is 0 Å². The Morgan fingerprint density at radius 3 is 2.50 bits per heavy atom. The molecule has 0 radical (unpaired) electrons. The molecule has 4 nitrogen and oxygen atoms in total. The zero-order chi connectivity index (χ0) is 8.97. The lowest BCUT2D eigenvalue weighted by Crippen LogP contribution is -2.05. The summed E-state index contributed by atoms with van der Waals surface area (Å²) in [5.74, 6) is 1.44. The van der Waals surface area contributed by atoms with Crippen LogP contribution in [-0.4, -0.2) is 16.6 Å². The summed E-state index contributed by atoms with van der Waals surface area (Å²) in [6, 6.07) is 0. The number of hydrogen-bond acceptors (Lipinski definition) is 4. The Hall–Kier alpha value is -1.32. The van der Waals surface area contributed by atoms with Gasteiger partial charge >= 0.3 is 0 Å². The number of hydrogen-bond donors (Lipinski definition) is 1. The number of rotatable bonds is 3. The molecule has 0 unspecified atom stereocenters. The molecule has 0 amide bonds. The van der Waals surface area contributed by atoms with E-state index in [1.54, 1.807) is 12.4 Å². The van der Waals surface area contributed by atoms with Gasteiger partial charge in [-0.25, -0.2) is 9.97 Å². The molecule has 0 spiro atoms. The van der Waals surface area contributed by atoms with Crippen molar-refractivity contribution in [3.8, 4) is 5.75 Å². The van der Waals surface area contributed by atoms with Crippen LogP contribution in [0.1, 0.15) is 13.8 Å². The highest BCUT2D eigenvalue weighted by molar-refractivity contribution is 5.20. The fraction of sp³-hybridized carbons (Fsp3) is 0.500. The molecular weight excluding hydrogens is 154 g/mol. The first-order valence-corrected chi connectivity index (χ1v) is 3.89. The third kappa shape index (κ3) is 2.74. The molecule has 0 atom stereocenters. The lowest BCUT2D eigenvalue weighted by atomic mass is 10.2. The number of ether oxygens (including phenoxy) is 1. The van der Waals surface area contributed by atoms with Gasteiger partial charge in [-0.05, 0) is 5.92 Å². The highest BCUT2D eigenvalue weighted by Gasteiger charge is 1.97. The van der Waals surface area contributed by atoms with Gasteiger partial charge < -0.3 is 10.5 Å². The van der Waals surface area contributed by atoms with Gasteiger partial charge in [-0.15, -0.1) is 0 Å². The summed E-state index contributed by atoms with van der Waals surface area (Å²) in [4.78, 5) is 7.60. The van der Waals surface area contributed by atoms with Crippen molar-refractivity contribution in [2.75, 3.05) is 12.3 Å². The molecule has 1 aromatic rings. The number of aromatic nitrogens is 2. The van der Waals surface area contributed by atoms with E-state index in [4.69, 9.17) is 10.5 Å². The summed E-state index contributed by atoms with van der Waals surface area (Å²) >= 11 is 0. The summed E-state index contributed by atoms with van der Waals surface area (Å²) < 4.78 is 5.34. The van der Waals surface area contributed by atoms with Crippen LogP contribution in [0.3, 0.4) is 0 Å². The second-order valence-corrected chi connectivity index (χ2v) is 2.98. The minimum atomic E-state index is 0.270. The quantitative estimate of drug-likeness (QED) is 0.732. The molecule has 4 heteroatoms. The smallest absolute Gasteiger partial charge is 0.220 e. The van der Waals surface area contributed by atoms with Crippen molar-refractivity contribution in [1.29, 1.82) is 0 Å². The molecule has 0 bridgehead atoms. The van der Waals surface area contributed by atoms with Gasteiger partial charge in [0.25, 0.3) is 0 Å². The third-order valence-corrected chi connectivity index (χ3v) is 1.23. The van der Waals surface area contributed by atoms with E-state index in [0.29, 0.717) is 18.3 Å². The van der Waals surface area contributed by atoms with E-state index in [2.05, 4.69) is 23.8 Å². The number of nitrogen functional groups attached to an aromatic ring is 1. The summed E-state index contributed by atoms with van der Waals surface area (Å²) in [6.07, 6.45) is 3.15. The molecule has 1 aromatic heterocycles. The second-order valence-electron chi connectivity index (χ2n) is 2.98. The van der Waals surface area contributed by atoms with E-state index in [-0.39, 0.29) is 5.95 Å². The molecule has 0 aromatic carbocycles. The number of nitrogens with two attached hydrogens (primary N) is 1. The summed E-state index contributed by atoms with van der Waals surface area (Å²) in [6.45, 7) is 4.84. The maximum Gasteiger partial charge on any atom is 0.220 e. The molecule has 12 heavy (non-hydrogen) atoms. The molecule has 1 rings (SSSR count). The monoisotopic (exact) mass is 167 g/mol. The molecule has 0 saturated heterocycles. The van der Waals surface area contributed by atoms with Gasteiger partial charge in [0.2, 0.25) is 5.95 Å². The highest BCUT2D eigenvalue weighted by Crippen LogP contribution is 2.07. The standard InChI is InChI=1S/C8H13N3O/c1-6(2)5-12-7-3-10-8(9)11-4-7/h3-4,6H,5H2,1-2H3,(H2,9,10,11). The lowest BCUT2D eigenvalue weighted by Gasteiger charge is -2.06. The average Bonchev–Trinajstić information content (AvgIpc) is 2.03. The first-order chi connectivity index (χ1) is 5.68. The highest BCUT2D eigenvalue weighted by atomic mass is 16.5.